The summed E-state index contributed by atoms with van der Waals surface area (Å²) >= 11 is 0. The van der Waals surface area contributed by atoms with Crippen LogP contribution in [0.1, 0.15) is 34.7 Å². The molecule has 1 fully saturated rings. The topological polar surface area (TPSA) is 35.5 Å². The fourth-order valence-electron chi connectivity index (χ4n) is 1.50. The van der Waals surface area contributed by atoms with Gasteiger partial charge in [-0.3, -0.25) is 0 Å². The summed E-state index contributed by atoms with van der Waals surface area (Å²) in [5.41, 5.74) is 1.90. The molecule has 15 heavy (non-hydrogen) atoms. The van der Waals surface area contributed by atoms with Gasteiger partial charge in [0.1, 0.15) is 0 Å². The third kappa shape index (κ3) is 2.57. The van der Waals surface area contributed by atoms with E-state index in [9.17, 15) is 4.79 Å². The maximum atomic E-state index is 11.4. The van der Waals surface area contributed by atoms with Gasteiger partial charge in [0, 0.05) is 7.11 Å². The summed E-state index contributed by atoms with van der Waals surface area (Å²) in [4.78, 5) is 11.4. The van der Waals surface area contributed by atoms with Crippen LogP contribution in [-0.2, 0) is 9.47 Å². The van der Waals surface area contributed by atoms with Gasteiger partial charge in [-0.2, -0.15) is 0 Å². The van der Waals surface area contributed by atoms with Gasteiger partial charge in [0.25, 0.3) is 0 Å². The van der Waals surface area contributed by atoms with Gasteiger partial charge in [-0.05, 0) is 36.5 Å². The third-order valence-corrected chi connectivity index (χ3v) is 2.50. The van der Waals surface area contributed by atoms with E-state index in [1.165, 1.54) is 25.5 Å². The molecular formula is C12H14O3. The summed E-state index contributed by atoms with van der Waals surface area (Å²) in [6, 6.07) is 7.62. The second-order valence-corrected chi connectivity index (χ2v) is 3.73. The normalized spacial score (nSPS) is 15.0. The molecule has 2 rings (SSSR count). The average molecular weight is 206 g/mol. The van der Waals surface area contributed by atoms with Crippen molar-refractivity contribution in [3.63, 3.8) is 0 Å². The summed E-state index contributed by atoms with van der Waals surface area (Å²) in [6.45, 7) is 0.00318. The zero-order chi connectivity index (χ0) is 10.7. The van der Waals surface area contributed by atoms with Crippen LogP contribution in [0.15, 0.2) is 24.3 Å². The molecule has 1 aliphatic rings. The average Bonchev–Trinajstić information content (AvgIpc) is 3.10. The van der Waals surface area contributed by atoms with Crippen LogP contribution in [-0.4, -0.2) is 19.9 Å². The van der Waals surface area contributed by atoms with E-state index in [4.69, 9.17) is 4.74 Å². The molecule has 0 radical (unpaired) electrons. The summed E-state index contributed by atoms with van der Waals surface area (Å²) in [7, 11) is 1.49. The van der Waals surface area contributed by atoms with Crippen molar-refractivity contribution in [3.05, 3.63) is 35.4 Å². The van der Waals surface area contributed by atoms with E-state index in [1.54, 1.807) is 0 Å². The van der Waals surface area contributed by atoms with Crippen molar-refractivity contribution in [1.82, 2.24) is 0 Å². The molecule has 3 heteroatoms. The number of hydrogen-bond acceptors (Lipinski definition) is 3. The Hall–Kier alpha value is -1.35. The molecule has 0 heterocycles. The Morgan fingerprint density at radius 1 is 1.33 bits per heavy atom. The van der Waals surface area contributed by atoms with Crippen LogP contribution in [0.25, 0.3) is 0 Å². The molecule has 0 aromatic heterocycles. The van der Waals surface area contributed by atoms with Crippen molar-refractivity contribution in [3.8, 4) is 0 Å². The van der Waals surface area contributed by atoms with Crippen LogP contribution >= 0.6 is 0 Å². The first-order chi connectivity index (χ1) is 7.31. The predicted octanol–water partition coefficient (Wildman–Crippen LogP) is 2.32. The number of carbonyl (C=O) groups is 1. The van der Waals surface area contributed by atoms with E-state index in [2.05, 4.69) is 4.74 Å². The summed E-state index contributed by atoms with van der Waals surface area (Å²) in [5.74, 6) is 0.383. The molecule has 3 nitrogen and oxygen atoms in total. The molecule has 1 aromatic carbocycles. The Balaban J connectivity index is 1.99. The van der Waals surface area contributed by atoms with Crippen LogP contribution in [0.2, 0.25) is 0 Å². The van der Waals surface area contributed by atoms with Crippen molar-refractivity contribution in [2.24, 2.45) is 0 Å². The van der Waals surface area contributed by atoms with Crippen molar-refractivity contribution in [1.29, 1.82) is 0 Å². The molecule has 0 aliphatic heterocycles. The van der Waals surface area contributed by atoms with Crippen molar-refractivity contribution < 1.29 is 14.3 Å². The third-order valence-electron chi connectivity index (χ3n) is 2.50. The molecule has 0 saturated heterocycles. The van der Waals surface area contributed by atoms with Crippen molar-refractivity contribution in [2.45, 2.75) is 18.8 Å². The number of methoxy groups -OCH3 is 1. The smallest absolute Gasteiger partial charge is 0.340 e. The lowest BCUT2D eigenvalue weighted by molar-refractivity contribution is -0.0125. The van der Waals surface area contributed by atoms with E-state index < -0.39 is 0 Å². The first kappa shape index (κ1) is 10.2. The second-order valence-electron chi connectivity index (χ2n) is 3.73. The van der Waals surface area contributed by atoms with E-state index in [-0.39, 0.29) is 12.8 Å². The molecule has 0 amide bonds. The van der Waals surface area contributed by atoms with Crippen LogP contribution in [0, 0.1) is 0 Å². The van der Waals surface area contributed by atoms with Gasteiger partial charge in [-0.25, -0.2) is 4.79 Å². The minimum Gasteiger partial charge on any atom is -0.435 e. The van der Waals surface area contributed by atoms with Gasteiger partial charge in [0.2, 0.25) is 0 Å². The quantitative estimate of drug-likeness (QED) is 0.560. The number of ether oxygens (including phenoxy) is 2. The summed E-state index contributed by atoms with van der Waals surface area (Å²) < 4.78 is 9.49. The van der Waals surface area contributed by atoms with Crippen molar-refractivity contribution >= 4 is 5.97 Å². The largest absolute Gasteiger partial charge is 0.435 e. The molecule has 0 N–H and O–H groups in total. The Morgan fingerprint density at radius 2 is 2.00 bits per heavy atom. The Morgan fingerprint density at radius 3 is 2.53 bits per heavy atom. The minimum atomic E-state index is -0.334. The highest BCUT2D eigenvalue weighted by atomic mass is 16.7. The van der Waals surface area contributed by atoms with Crippen LogP contribution < -0.4 is 0 Å². The monoisotopic (exact) mass is 206 g/mol. The molecule has 0 spiro atoms. The van der Waals surface area contributed by atoms with E-state index in [0.717, 1.165) is 0 Å². The Bertz CT molecular complexity index is 338. The SMILES string of the molecule is COCOC(=O)c1ccc(C2CC2)cc1. The van der Waals surface area contributed by atoms with Crippen LogP contribution in [0.4, 0.5) is 0 Å². The number of carbonyl (C=O) groups excluding carboxylic acids is 1. The number of rotatable bonds is 4. The highest BCUT2D eigenvalue weighted by Gasteiger charge is 2.23. The summed E-state index contributed by atoms with van der Waals surface area (Å²) in [6.07, 6.45) is 2.54. The maximum Gasteiger partial charge on any atom is 0.340 e. The number of esters is 1. The lowest BCUT2D eigenvalue weighted by Gasteiger charge is -2.03. The first-order valence-electron chi connectivity index (χ1n) is 5.07. The Labute approximate surface area is 89.0 Å². The standard InChI is InChI=1S/C12H14O3/c1-14-8-15-12(13)11-6-4-10(5-7-11)9-2-3-9/h4-7,9H,2-3,8H2,1H3. The molecule has 80 valence electrons. The van der Waals surface area contributed by atoms with Gasteiger partial charge >= 0.3 is 5.97 Å². The number of benzene rings is 1. The minimum absolute atomic E-state index is 0.00318. The lowest BCUT2D eigenvalue weighted by Crippen LogP contribution is -2.07. The molecule has 1 saturated carbocycles. The summed E-state index contributed by atoms with van der Waals surface area (Å²) in [5, 5.41) is 0. The van der Waals surface area contributed by atoms with Crippen LogP contribution in [0.3, 0.4) is 0 Å². The molecule has 1 aromatic rings. The fraction of sp³-hybridized carbons (Fsp3) is 0.417. The molecule has 0 atom stereocenters. The van der Waals surface area contributed by atoms with Gasteiger partial charge in [-0.1, -0.05) is 12.1 Å². The highest BCUT2D eigenvalue weighted by Crippen LogP contribution is 2.39. The van der Waals surface area contributed by atoms with Crippen molar-refractivity contribution in [2.75, 3.05) is 13.9 Å². The van der Waals surface area contributed by atoms with E-state index in [0.29, 0.717) is 11.5 Å². The van der Waals surface area contributed by atoms with E-state index >= 15 is 0 Å². The zero-order valence-corrected chi connectivity index (χ0v) is 8.73. The first-order valence-corrected chi connectivity index (χ1v) is 5.07. The van der Waals surface area contributed by atoms with E-state index in [1.807, 2.05) is 24.3 Å². The fourth-order valence-corrected chi connectivity index (χ4v) is 1.50. The molecular weight excluding hydrogens is 192 g/mol. The van der Waals surface area contributed by atoms with Gasteiger partial charge in [0.15, 0.2) is 6.79 Å². The van der Waals surface area contributed by atoms with Gasteiger partial charge < -0.3 is 9.47 Å². The maximum absolute atomic E-state index is 11.4. The highest BCUT2D eigenvalue weighted by molar-refractivity contribution is 5.89. The second kappa shape index (κ2) is 4.45. The molecule has 0 unspecified atom stereocenters. The number of hydrogen-bond donors (Lipinski definition) is 0. The predicted molar refractivity (Wildman–Crippen MR) is 55.7 cm³/mol. The van der Waals surface area contributed by atoms with Gasteiger partial charge in [0.05, 0.1) is 5.56 Å². The lowest BCUT2D eigenvalue weighted by atomic mass is 10.1. The molecule has 0 bridgehead atoms. The van der Waals surface area contributed by atoms with Crippen LogP contribution in [0.5, 0.6) is 0 Å². The zero-order valence-electron chi connectivity index (χ0n) is 8.73. The molecule has 1 aliphatic carbocycles. The van der Waals surface area contributed by atoms with Gasteiger partial charge in [-0.15, -0.1) is 0 Å². The Kier molecular flexibility index (Phi) is 3.02.